The number of carboxylic acid groups (broad SMARTS) is 1. The van der Waals surface area contributed by atoms with Gasteiger partial charge in [-0.3, -0.25) is 9.59 Å². The number of aromatic nitrogens is 1. The first-order chi connectivity index (χ1) is 16.9. The second-order valence-corrected chi connectivity index (χ2v) is 9.38. The smallest absolute Gasteiger partial charge is 0.303 e. The van der Waals surface area contributed by atoms with Crippen molar-refractivity contribution in [2.24, 2.45) is 5.92 Å². The molecule has 2 aromatic heterocycles. The van der Waals surface area contributed by atoms with E-state index >= 15 is 0 Å². The number of carbonyl (C=O) groups is 2. The first-order valence-electron chi connectivity index (χ1n) is 12.1. The van der Waals surface area contributed by atoms with E-state index in [0.29, 0.717) is 29.9 Å². The highest BCUT2D eigenvalue weighted by Gasteiger charge is 2.17. The second kappa shape index (κ2) is 11.0. The molecule has 0 saturated heterocycles. The van der Waals surface area contributed by atoms with Gasteiger partial charge in [-0.15, -0.1) is 0 Å². The number of nitrogens with zero attached hydrogens (tertiary/aromatic N) is 1. The molecule has 35 heavy (non-hydrogen) atoms. The lowest BCUT2D eigenvalue weighted by molar-refractivity contribution is -0.137. The molecule has 4 nitrogen and oxygen atoms in total. The summed E-state index contributed by atoms with van der Waals surface area (Å²) in [6.07, 6.45) is 8.34. The summed E-state index contributed by atoms with van der Waals surface area (Å²) >= 11 is 0. The molecule has 4 heteroatoms. The zero-order chi connectivity index (χ0) is 24.8. The summed E-state index contributed by atoms with van der Waals surface area (Å²) in [6, 6.07) is 23.9. The molecular weight excluding hydrogens is 434 g/mol. The Hall–Kier alpha value is -3.92. The van der Waals surface area contributed by atoms with Crippen molar-refractivity contribution >= 4 is 29.4 Å². The second-order valence-electron chi connectivity index (χ2n) is 9.38. The molecule has 0 bridgehead atoms. The van der Waals surface area contributed by atoms with Crippen LogP contribution in [0.1, 0.15) is 65.0 Å². The number of benzene rings is 2. The Morgan fingerprint density at radius 1 is 0.914 bits per heavy atom. The highest BCUT2D eigenvalue weighted by Crippen LogP contribution is 2.23. The molecule has 0 aliphatic heterocycles. The number of aryl methyl sites for hydroxylation is 1. The fourth-order valence-electron chi connectivity index (χ4n) is 4.39. The average molecular weight is 466 g/mol. The van der Waals surface area contributed by atoms with Crippen LogP contribution >= 0.6 is 0 Å². The monoisotopic (exact) mass is 465 g/mol. The Labute approximate surface area is 206 Å². The van der Waals surface area contributed by atoms with E-state index in [1.807, 2.05) is 65.2 Å². The molecule has 0 aliphatic rings. The molecule has 178 valence electrons. The van der Waals surface area contributed by atoms with Crippen LogP contribution in [-0.4, -0.2) is 21.3 Å². The SMILES string of the molecule is CC(C)Cc1ccc(C=Cc2cccc(C(=O)c3cc(CCCC(=O)O)n4ccccc34)c2)cc1. The minimum atomic E-state index is -0.807. The number of carbonyl (C=O) groups excluding carboxylic acids is 1. The number of rotatable bonds is 10. The lowest BCUT2D eigenvalue weighted by Gasteiger charge is -2.05. The third kappa shape index (κ3) is 6.15. The summed E-state index contributed by atoms with van der Waals surface area (Å²) in [5.41, 5.74) is 6.48. The summed E-state index contributed by atoms with van der Waals surface area (Å²) in [4.78, 5) is 24.4. The molecule has 4 rings (SSSR count). The van der Waals surface area contributed by atoms with Gasteiger partial charge in [-0.2, -0.15) is 0 Å². The van der Waals surface area contributed by atoms with Gasteiger partial charge in [-0.1, -0.05) is 74.5 Å². The number of hydrogen-bond acceptors (Lipinski definition) is 2. The summed E-state index contributed by atoms with van der Waals surface area (Å²) in [5.74, 6) is -0.208. The van der Waals surface area contributed by atoms with Crippen LogP contribution in [-0.2, 0) is 17.6 Å². The van der Waals surface area contributed by atoms with Gasteiger partial charge in [-0.25, -0.2) is 0 Å². The molecule has 0 amide bonds. The minimum Gasteiger partial charge on any atom is -0.481 e. The predicted octanol–water partition coefficient (Wildman–Crippen LogP) is 6.95. The Kier molecular flexibility index (Phi) is 7.61. The Bertz CT molecular complexity index is 1360. The van der Waals surface area contributed by atoms with Gasteiger partial charge in [0.05, 0.1) is 5.52 Å². The van der Waals surface area contributed by atoms with E-state index in [9.17, 15) is 9.59 Å². The van der Waals surface area contributed by atoms with E-state index in [4.69, 9.17) is 5.11 Å². The molecule has 0 saturated carbocycles. The van der Waals surface area contributed by atoms with Crippen molar-refractivity contribution in [2.75, 3.05) is 0 Å². The maximum atomic E-state index is 13.5. The van der Waals surface area contributed by atoms with Gasteiger partial charge in [0.1, 0.15) is 0 Å². The van der Waals surface area contributed by atoms with Crippen molar-refractivity contribution in [3.8, 4) is 0 Å². The summed E-state index contributed by atoms with van der Waals surface area (Å²) in [6.45, 7) is 4.44. The average Bonchev–Trinajstić information content (AvgIpc) is 3.21. The molecule has 0 spiro atoms. The molecule has 0 fully saturated rings. The summed E-state index contributed by atoms with van der Waals surface area (Å²) in [5, 5.41) is 8.97. The van der Waals surface area contributed by atoms with E-state index in [2.05, 4.69) is 44.2 Å². The first kappa shape index (κ1) is 24.2. The van der Waals surface area contributed by atoms with E-state index < -0.39 is 5.97 Å². The highest BCUT2D eigenvalue weighted by molar-refractivity contribution is 6.13. The van der Waals surface area contributed by atoms with Gasteiger partial charge < -0.3 is 9.51 Å². The van der Waals surface area contributed by atoms with Crippen LogP contribution < -0.4 is 0 Å². The number of hydrogen-bond donors (Lipinski definition) is 1. The van der Waals surface area contributed by atoms with Gasteiger partial charge in [0.15, 0.2) is 5.78 Å². The van der Waals surface area contributed by atoms with Gasteiger partial charge >= 0.3 is 5.97 Å². The van der Waals surface area contributed by atoms with Crippen LogP contribution in [0.5, 0.6) is 0 Å². The van der Waals surface area contributed by atoms with Gasteiger partial charge in [0.25, 0.3) is 0 Å². The number of pyridine rings is 1. The van der Waals surface area contributed by atoms with Crippen molar-refractivity contribution in [2.45, 2.75) is 39.5 Å². The van der Waals surface area contributed by atoms with Crippen molar-refractivity contribution in [3.05, 3.63) is 113 Å². The first-order valence-corrected chi connectivity index (χ1v) is 12.1. The Morgan fingerprint density at radius 2 is 1.69 bits per heavy atom. The molecule has 1 N–H and O–H groups in total. The molecule has 2 heterocycles. The van der Waals surface area contributed by atoms with Crippen molar-refractivity contribution < 1.29 is 14.7 Å². The maximum Gasteiger partial charge on any atom is 0.303 e. The van der Waals surface area contributed by atoms with Crippen molar-refractivity contribution in [3.63, 3.8) is 0 Å². The van der Waals surface area contributed by atoms with Crippen LogP contribution in [0.15, 0.2) is 79.0 Å². The Balaban J connectivity index is 1.55. The van der Waals surface area contributed by atoms with E-state index in [-0.39, 0.29) is 12.2 Å². The number of fused-ring (bicyclic) bond motifs is 1. The predicted molar refractivity (Wildman–Crippen MR) is 142 cm³/mol. The third-order valence-corrected chi connectivity index (χ3v) is 6.07. The fraction of sp³-hybridized carbons (Fsp3) is 0.226. The number of ketones is 1. The molecule has 0 radical (unpaired) electrons. The van der Waals surface area contributed by atoms with E-state index in [1.54, 1.807) is 0 Å². The lowest BCUT2D eigenvalue weighted by Crippen LogP contribution is -2.01. The van der Waals surface area contributed by atoms with E-state index in [1.165, 1.54) is 5.56 Å². The quantitative estimate of drug-likeness (QED) is 0.204. The van der Waals surface area contributed by atoms with Crippen LogP contribution in [0.4, 0.5) is 0 Å². The van der Waals surface area contributed by atoms with Gasteiger partial charge in [0, 0.05) is 29.4 Å². The zero-order valence-corrected chi connectivity index (χ0v) is 20.3. The van der Waals surface area contributed by atoms with Crippen LogP contribution in [0, 0.1) is 5.92 Å². The van der Waals surface area contributed by atoms with Crippen molar-refractivity contribution in [1.29, 1.82) is 0 Å². The Morgan fingerprint density at radius 3 is 2.43 bits per heavy atom. The largest absolute Gasteiger partial charge is 0.481 e. The molecule has 0 aliphatic carbocycles. The van der Waals surface area contributed by atoms with Crippen LogP contribution in [0.25, 0.3) is 17.7 Å². The molecule has 4 aromatic rings. The summed E-state index contributed by atoms with van der Waals surface area (Å²) < 4.78 is 1.99. The van der Waals surface area contributed by atoms with Gasteiger partial charge in [-0.05, 0) is 66.1 Å². The fourth-order valence-corrected chi connectivity index (χ4v) is 4.39. The van der Waals surface area contributed by atoms with Crippen LogP contribution in [0.3, 0.4) is 0 Å². The minimum absolute atomic E-state index is 0.0357. The van der Waals surface area contributed by atoms with Gasteiger partial charge in [0.2, 0.25) is 0 Å². The standard InChI is InChI=1S/C31H31NO3/c1-22(2)19-25-16-13-23(14-17-25)12-15-24-7-5-8-26(20-24)31(35)28-21-27(9-6-11-30(33)34)32-18-4-3-10-29(28)32/h3-5,7-8,10,12-18,20-22H,6,9,11,19H2,1-2H3,(H,33,34). The molecule has 0 atom stereocenters. The number of carboxylic acids is 1. The van der Waals surface area contributed by atoms with Crippen molar-refractivity contribution in [1.82, 2.24) is 4.40 Å². The maximum absolute atomic E-state index is 13.5. The zero-order valence-electron chi connectivity index (χ0n) is 20.3. The molecular formula is C31H31NO3. The van der Waals surface area contributed by atoms with E-state index in [0.717, 1.165) is 28.8 Å². The highest BCUT2D eigenvalue weighted by atomic mass is 16.4. The summed E-state index contributed by atoms with van der Waals surface area (Å²) in [7, 11) is 0. The third-order valence-electron chi connectivity index (χ3n) is 6.07. The molecule has 0 unspecified atom stereocenters. The lowest BCUT2D eigenvalue weighted by atomic mass is 10.00. The topological polar surface area (TPSA) is 58.8 Å². The number of aliphatic carboxylic acids is 1. The molecule has 2 aromatic carbocycles. The normalized spacial score (nSPS) is 11.5. The van der Waals surface area contributed by atoms with Crippen LogP contribution in [0.2, 0.25) is 0 Å².